The van der Waals surface area contributed by atoms with Gasteiger partial charge in [0.25, 0.3) is 5.91 Å². The molecule has 188 valence electrons. The number of unbranched alkanes of at least 4 members (excludes halogenated alkanes) is 1. The minimum atomic E-state index is -0.608. The molecular formula is C27H34F2N4O2. The van der Waals surface area contributed by atoms with Crippen LogP contribution in [0.4, 0.5) is 8.78 Å². The third-order valence-electron chi connectivity index (χ3n) is 6.94. The molecule has 2 aromatic rings. The fourth-order valence-corrected chi connectivity index (χ4v) is 4.61. The van der Waals surface area contributed by atoms with Gasteiger partial charge in [-0.2, -0.15) is 0 Å². The molecule has 2 fully saturated rings. The van der Waals surface area contributed by atoms with Crippen LogP contribution in [0.3, 0.4) is 0 Å². The van der Waals surface area contributed by atoms with E-state index in [1.54, 1.807) is 0 Å². The number of rotatable bonds is 10. The first kappa shape index (κ1) is 25.3. The van der Waals surface area contributed by atoms with E-state index in [0.29, 0.717) is 37.0 Å². The first-order valence-corrected chi connectivity index (χ1v) is 12.4. The van der Waals surface area contributed by atoms with Gasteiger partial charge in [0.15, 0.2) is 0 Å². The van der Waals surface area contributed by atoms with Gasteiger partial charge in [0, 0.05) is 43.7 Å². The van der Waals surface area contributed by atoms with Crippen molar-refractivity contribution in [1.82, 2.24) is 20.4 Å². The first-order chi connectivity index (χ1) is 16.9. The number of halogens is 2. The van der Waals surface area contributed by atoms with Crippen molar-refractivity contribution in [3.05, 3.63) is 71.3 Å². The van der Waals surface area contributed by atoms with Crippen molar-refractivity contribution in [3.63, 3.8) is 0 Å². The molecule has 0 aromatic heterocycles. The number of likely N-dealkylation sites (N-methyl/N-ethyl adjacent to an activating group) is 1. The molecule has 2 N–H and O–H groups in total. The third-order valence-corrected chi connectivity index (χ3v) is 6.94. The van der Waals surface area contributed by atoms with Crippen LogP contribution in [-0.4, -0.2) is 73.5 Å². The molecule has 0 radical (unpaired) electrons. The molecule has 1 saturated carbocycles. The highest BCUT2D eigenvalue weighted by molar-refractivity contribution is 5.97. The summed E-state index contributed by atoms with van der Waals surface area (Å²) in [7, 11) is 2.03. The Balaban J connectivity index is 1.26. The van der Waals surface area contributed by atoms with Crippen molar-refractivity contribution < 1.29 is 18.4 Å². The predicted molar refractivity (Wildman–Crippen MR) is 131 cm³/mol. The number of carbonyl (C=O) groups excluding carboxylic acids is 2. The molecule has 6 nitrogen and oxygen atoms in total. The number of carbonyl (C=O) groups is 2. The van der Waals surface area contributed by atoms with Crippen LogP contribution in [0, 0.1) is 11.6 Å². The monoisotopic (exact) mass is 484 g/mol. The Bertz CT molecular complexity index is 991. The summed E-state index contributed by atoms with van der Waals surface area (Å²) in [6.07, 6.45) is 3.26. The quantitative estimate of drug-likeness (QED) is 0.509. The lowest BCUT2D eigenvalue weighted by Gasteiger charge is -2.34. The molecule has 35 heavy (non-hydrogen) atoms. The highest BCUT2D eigenvalue weighted by atomic mass is 19.1. The van der Waals surface area contributed by atoms with Gasteiger partial charge < -0.3 is 20.4 Å². The highest BCUT2D eigenvalue weighted by Crippen LogP contribution is 2.40. The zero-order valence-electron chi connectivity index (χ0n) is 20.2. The van der Waals surface area contributed by atoms with Crippen LogP contribution in [0.15, 0.2) is 48.5 Å². The fraction of sp³-hybridized carbons (Fsp3) is 0.481. The Hall–Kier alpha value is -2.84. The van der Waals surface area contributed by atoms with E-state index in [1.807, 2.05) is 24.1 Å². The lowest BCUT2D eigenvalue weighted by molar-refractivity contribution is -0.135. The van der Waals surface area contributed by atoms with E-state index in [-0.39, 0.29) is 17.6 Å². The molecule has 4 rings (SSSR count). The van der Waals surface area contributed by atoms with Crippen LogP contribution >= 0.6 is 0 Å². The summed E-state index contributed by atoms with van der Waals surface area (Å²) in [5.74, 6) is -0.615. The minimum absolute atomic E-state index is 0.0555. The Labute approximate surface area is 205 Å². The molecule has 8 heteroatoms. The van der Waals surface area contributed by atoms with Gasteiger partial charge >= 0.3 is 0 Å². The summed E-state index contributed by atoms with van der Waals surface area (Å²) >= 11 is 0. The zero-order chi connectivity index (χ0) is 24.8. The fourth-order valence-electron chi connectivity index (χ4n) is 4.61. The Morgan fingerprint density at radius 3 is 2.23 bits per heavy atom. The maximum atomic E-state index is 13.2. The van der Waals surface area contributed by atoms with Gasteiger partial charge in [-0.25, -0.2) is 8.78 Å². The van der Waals surface area contributed by atoms with Gasteiger partial charge in [-0.15, -0.1) is 0 Å². The number of hydrogen-bond acceptors (Lipinski definition) is 4. The molecular weight excluding hydrogens is 450 g/mol. The molecule has 1 aliphatic carbocycles. The molecule has 0 bridgehead atoms. The average molecular weight is 485 g/mol. The van der Waals surface area contributed by atoms with Gasteiger partial charge in [0.05, 0.1) is 0 Å². The standard InChI is InChI=1S/C27H34F2N4O2/c1-32-14-16-33(17-15-32)27(35)24(31-26(34)20-7-11-22(29)12-8-20)4-2-3-13-30-25-18-23(25)19-5-9-21(28)10-6-19/h5-12,23-25,30H,2-4,13-18H2,1H3,(H,31,34)/t23-,24?,25+/m0/s1. The Morgan fingerprint density at radius 2 is 1.57 bits per heavy atom. The van der Waals surface area contributed by atoms with Crippen LogP contribution in [0.1, 0.15) is 47.5 Å². The second kappa shape index (κ2) is 11.7. The van der Waals surface area contributed by atoms with Crippen molar-refractivity contribution >= 4 is 11.8 Å². The normalized spacial score (nSPS) is 20.9. The number of nitrogens with zero attached hydrogens (tertiary/aromatic N) is 2. The number of nitrogens with one attached hydrogen (secondary N) is 2. The van der Waals surface area contributed by atoms with Gasteiger partial charge in [-0.1, -0.05) is 12.1 Å². The van der Waals surface area contributed by atoms with Gasteiger partial charge in [0.2, 0.25) is 5.91 Å². The summed E-state index contributed by atoms with van der Waals surface area (Å²) in [5.41, 5.74) is 1.50. The lowest BCUT2D eigenvalue weighted by atomic mass is 10.1. The number of hydrogen-bond donors (Lipinski definition) is 2. The maximum absolute atomic E-state index is 13.2. The minimum Gasteiger partial charge on any atom is -0.340 e. The second-order valence-electron chi connectivity index (χ2n) is 9.61. The molecule has 1 saturated heterocycles. The maximum Gasteiger partial charge on any atom is 0.251 e. The van der Waals surface area contributed by atoms with E-state index >= 15 is 0 Å². The predicted octanol–water partition coefficient (Wildman–Crippen LogP) is 3.15. The van der Waals surface area contributed by atoms with Crippen LogP contribution in [-0.2, 0) is 4.79 Å². The summed E-state index contributed by atoms with van der Waals surface area (Å²) in [5, 5.41) is 6.43. The van der Waals surface area contributed by atoms with Crippen LogP contribution < -0.4 is 10.6 Å². The Morgan fingerprint density at radius 1 is 0.943 bits per heavy atom. The lowest BCUT2D eigenvalue weighted by Crippen LogP contribution is -2.54. The zero-order valence-corrected chi connectivity index (χ0v) is 20.2. The molecule has 0 spiro atoms. The van der Waals surface area contributed by atoms with Gasteiger partial charge in [-0.05, 0) is 81.2 Å². The number of benzene rings is 2. The third kappa shape index (κ3) is 7.08. The van der Waals surface area contributed by atoms with Crippen molar-refractivity contribution in [3.8, 4) is 0 Å². The summed E-state index contributed by atoms with van der Waals surface area (Å²) in [4.78, 5) is 30.0. The van der Waals surface area contributed by atoms with Crippen molar-refractivity contribution in [2.24, 2.45) is 0 Å². The molecule has 2 aliphatic rings. The summed E-state index contributed by atoms with van der Waals surface area (Å²) < 4.78 is 26.4. The summed E-state index contributed by atoms with van der Waals surface area (Å²) in [6, 6.07) is 11.8. The van der Waals surface area contributed by atoms with Crippen molar-refractivity contribution in [2.75, 3.05) is 39.8 Å². The average Bonchev–Trinajstić information content (AvgIpc) is 3.63. The van der Waals surface area contributed by atoms with E-state index in [4.69, 9.17) is 0 Å². The topological polar surface area (TPSA) is 64.7 Å². The molecule has 3 atom stereocenters. The van der Waals surface area contributed by atoms with E-state index in [9.17, 15) is 18.4 Å². The Kier molecular flexibility index (Phi) is 8.46. The van der Waals surface area contributed by atoms with E-state index in [1.165, 1.54) is 36.4 Å². The van der Waals surface area contributed by atoms with Gasteiger partial charge in [-0.3, -0.25) is 9.59 Å². The molecule has 1 heterocycles. The number of amides is 2. The smallest absolute Gasteiger partial charge is 0.251 e. The second-order valence-corrected chi connectivity index (χ2v) is 9.61. The van der Waals surface area contributed by atoms with Crippen molar-refractivity contribution in [1.29, 1.82) is 0 Å². The van der Waals surface area contributed by atoms with E-state index in [0.717, 1.165) is 44.5 Å². The van der Waals surface area contributed by atoms with Crippen LogP contribution in [0.25, 0.3) is 0 Å². The molecule has 2 amide bonds. The van der Waals surface area contributed by atoms with Crippen LogP contribution in [0.5, 0.6) is 0 Å². The molecule has 2 aromatic carbocycles. The SMILES string of the molecule is CN1CCN(C(=O)C(CCCCN[C@@H]2C[C@H]2c2ccc(F)cc2)NC(=O)c2ccc(F)cc2)CC1. The number of piperazine rings is 1. The van der Waals surface area contributed by atoms with E-state index < -0.39 is 11.9 Å². The van der Waals surface area contributed by atoms with Crippen LogP contribution in [0.2, 0.25) is 0 Å². The largest absolute Gasteiger partial charge is 0.340 e. The van der Waals surface area contributed by atoms with Gasteiger partial charge in [0.1, 0.15) is 17.7 Å². The highest BCUT2D eigenvalue weighted by Gasteiger charge is 2.37. The first-order valence-electron chi connectivity index (χ1n) is 12.4. The van der Waals surface area contributed by atoms with Crippen molar-refractivity contribution in [2.45, 2.75) is 43.7 Å². The molecule has 1 aliphatic heterocycles. The summed E-state index contributed by atoms with van der Waals surface area (Å²) in [6.45, 7) is 3.73. The van der Waals surface area contributed by atoms with E-state index in [2.05, 4.69) is 15.5 Å². The molecule has 1 unspecified atom stereocenters.